The van der Waals surface area contributed by atoms with Crippen molar-refractivity contribution < 1.29 is 0 Å². The second-order valence-electron chi connectivity index (χ2n) is 12.7. The normalized spacial score (nSPS) is 10.3. The summed E-state index contributed by atoms with van der Waals surface area (Å²) in [7, 11) is 0. The maximum atomic E-state index is 2.48. The molecule has 2 nitrogen and oxygen atoms in total. The number of anilines is 4. The summed E-state index contributed by atoms with van der Waals surface area (Å²) in [5.41, 5.74) is 16.3. The molecule has 0 unspecified atom stereocenters. The fourth-order valence-corrected chi connectivity index (χ4v) is 8.15. The molecule has 0 fully saturated rings. The van der Waals surface area contributed by atoms with Crippen molar-refractivity contribution in [1.29, 1.82) is 0 Å². The Morgan fingerprint density at radius 3 is 1.03 bits per heavy atom. The van der Waals surface area contributed by atoms with Crippen LogP contribution in [0.3, 0.4) is 0 Å². The van der Waals surface area contributed by atoms with E-state index in [0.717, 1.165) is 25.9 Å². The number of hydrogen-bond acceptors (Lipinski definition) is 2. The summed E-state index contributed by atoms with van der Waals surface area (Å²) in [6.45, 7) is 34.3. The minimum Gasteiger partial charge on any atom is -0.341 e. The average Bonchev–Trinajstić information content (AvgIpc) is 3.93. The van der Waals surface area contributed by atoms with Crippen LogP contribution >= 0.6 is 0 Å². The van der Waals surface area contributed by atoms with Crippen molar-refractivity contribution >= 4 is 44.3 Å². The first-order valence-electron chi connectivity index (χ1n) is 23.6. The summed E-state index contributed by atoms with van der Waals surface area (Å²) < 4.78 is 0. The molecule has 0 aromatic heterocycles. The largest absolute Gasteiger partial charge is 0.341 e. The van der Waals surface area contributed by atoms with Crippen molar-refractivity contribution in [2.45, 2.75) is 124 Å². The van der Waals surface area contributed by atoms with Gasteiger partial charge in [0.05, 0.1) is 0 Å². The number of nitrogens with zero attached hydrogens (tertiary/aromatic N) is 2. The summed E-state index contributed by atoms with van der Waals surface area (Å²) in [5.74, 6) is 0. The highest BCUT2D eigenvalue weighted by Gasteiger charge is 2.25. The number of fused-ring (bicyclic) bond motifs is 9. The lowest BCUT2D eigenvalue weighted by molar-refractivity contribution is 1.02. The lowest BCUT2D eigenvalue weighted by Gasteiger charge is -2.27. The lowest BCUT2D eigenvalue weighted by Crippen LogP contribution is -2.17. The zero-order chi connectivity index (χ0) is 44.8. The molecule has 0 amide bonds. The van der Waals surface area contributed by atoms with Crippen LogP contribution in [-0.2, 0) is 12.8 Å². The van der Waals surface area contributed by atoms with Gasteiger partial charge >= 0.3 is 0 Å². The molecule has 0 saturated heterocycles. The highest BCUT2D eigenvalue weighted by Crippen LogP contribution is 2.46. The topological polar surface area (TPSA) is 6.48 Å². The molecule has 0 atom stereocenters. The Balaban J connectivity index is 0.000000809. The molecule has 2 heteroatoms. The van der Waals surface area contributed by atoms with Crippen molar-refractivity contribution in [3.63, 3.8) is 0 Å². The molecule has 2 aliphatic carbocycles. The maximum absolute atomic E-state index is 2.48. The Morgan fingerprint density at radius 2 is 0.683 bits per heavy atom. The lowest BCUT2D eigenvalue weighted by atomic mass is 9.99. The van der Waals surface area contributed by atoms with E-state index in [0.29, 0.717) is 0 Å². The third-order valence-corrected chi connectivity index (χ3v) is 10.2. The summed E-state index contributed by atoms with van der Waals surface area (Å²) in [5, 5.41) is 5.14. The van der Waals surface area contributed by atoms with Gasteiger partial charge in [-0.15, -0.1) is 0 Å². The van der Waals surface area contributed by atoms with Crippen LogP contribution in [0.4, 0.5) is 22.7 Å². The second kappa shape index (κ2) is 26.7. The summed E-state index contributed by atoms with van der Waals surface area (Å²) >= 11 is 0. The zero-order valence-electron chi connectivity index (χ0n) is 40.4. The Morgan fingerprint density at radius 1 is 0.350 bits per heavy atom. The maximum Gasteiger partial charge on any atom is 0.0493 e. The fraction of sp³-hybridized carbons (Fsp3) is 0.345. The highest BCUT2D eigenvalue weighted by molar-refractivity contribution is 6.09. The summed E-state index contributed by atoms with van der Waals surface area (Å²) in [4.78, 5) is 4.95. The van der Waals surface area contributed by atoms with Crippen molar-refractivity contribution in [3.8, 4) is 22.3 Å². The molecule has 0 N–H and O–H groups in total. The molecule has 0 heterocycles. The first-order chi connectivity index (χ1) is 29.7. The molecule has 0 bridgehead atoms. The van der Waals surface area contributed by atoms with E-state index in [2.05, 4.69) is 157 Å². The van der Waals surface area contributed by atoms with Crippen LogP contribution in [0.1, 0.15) is 133 Å². The van der Waals surface area contributed by atoms with Crippen molar-refractivity contribution in [2.24, 2.45) is 0 Å². The molecule has 2 aliphatic rings. The third kappa shape index (κ3) is 10.5. The van der Waals surface area contributed by atoms with Crippen molar-refractivity contribution in [3.05, 3.63) is 156 Å². The Kier molecular flexibility index (Phi) is 22.6. The summed E-state index contributed by atoms with van der Waals surface area (Å²) in [6, 6.07) is 50.0. The number of hydrogen-bond donors (Lipinski definition) is 0. The van der Waals surface area contributed by atoms with Crippen LogP contribution in [-0.4, -0.2) is 13.1 Å². The highest BCUT2D eigenvalue weighted by atomic mass is 15.1. The molecular formula is C58H78N2. The van der Waals surface area contributed by atoms with E-state index in [1.165, 1.54) is 88.8 Å². The fourth-order valence-electron chi connectivity index (χ4n) is 8.15. The summed E-state index contributed by atoms with van der Waals surface area (Å²) in [6.07, 6.45) is 2.02. The van der Waals surface area contributed by atoms with Crippen LogP contribution in [0.15, 0.2) is 133 Å². The minimum absolute atomic E-state index is 0.904. The van der Waals surface area contributed by atoms with Gasteiger partial charge in [0.1, 0.15) is 0 Å². The van der Waals surface area contributed by atoms with Gasteiger partial charge in [0, 0.05) is 47.0 Å². The van der Waals surface area contributed by atoms with Crippen molar-refractivity contribution in [1.82, 2.24) is 0 Å². The van der Waals surface area contributed by atoms with Gasteiger partial charge in [0.15, 0.2) is 0 Å². The van der Waals surface area contributed by atoms with Gasteiger partial charge in [-0.2, -0.15) is 0 Å². The number of rotatable bonds is 6. The predicted molar refractivity (Wildman–Crippen MR) is 276 cm³/mol. The SMILES string of the molecule is CC.CC.CC.CC.CC.CC.CC.CCN(c1ccc2c(ccc3cc(N(CC)c4cccc5c4-c4ccccc4C5)ccc32)c1)c1cccc2c1-c1ccccc1C2. The Bertz CT molecular complexity index is 2150. The van der Waals surface area contributed by atoms with E-state index < -0.39 is 0 Å². The van der Waals surface area contributed by atoms with Gasteiger partial charge in [-0.3, -0.25) is 0 Å². The van der Waals surface area contributed by atoms with E-state index in [4.69, 9.17) is 0 Å². The Hall–Kier alpha value is -5.34. The molecule has 0 aliphatic heterocycles. The van der Waals surface area contributed by atoms with Crippen LogP contribution in [0, 0.1) is 0 Å². The van der Waals surface area contributed by atoms with E-state index >= 15 is 0 Å². The molecule has 60 heavy (non-hydrogen) atoms. The molecule has 7 aromatic rings. The molecular weight excluding hydrogens is 725 g/mol. The first kappa shape index (κ1) is 50.8. The predicted octanol–water partition coefficient (Wildman–Crippen LogP) is 18.6. The third-order valence-electron chi connectivity index (χ3n) is 10.2. The quantitative estimate of drug-likeness (QED) is 0.155. The van der Waals surface area contributed by atoms with Gasteiger partial charge in [-0.1, -0.05) is 194 Å². The molecule has 9 rings (SSSR count). The monoisotopic (exact) mass is 803 g/mol. The molecule has 320 valence electrons. The smallest absolute Gasteiger partial charge is 0.0493 e. The molecule has 7 aromatic carbocycles. The van der Waals surface area contributed by atoms with Gasteiger partial charge < -0.3 is 9.80 Å². The molecule has 0 saturated carbocycles. The van der Waals surface area contributed by atoms with Crippen molar-refractivity contribution in [2.75, 3.05) is 22.9 Å². The molecule has 0 spiro atoms. The average molecular weight is 803 g/mol. The van der Waals surface area contributed by atoms with Crippen LogP contribution < -0.4 is 9.80 Å². The van der Waals surface area contributed by atoms with Gasteiger partial charge in [0.2, 0.25) is 0 Å². The van der Waals surface area contributed by atoms with Gasteiger partial charge in [-0.25, -0.2) is 0 Å². The van der Waals surface area contributed by atoms with E-state index in [-0.39, 0.29) is 0 Å². The van der Waals surface area contributed by atoms with Gasteiger partial charge in [0.25, 0.3) is 0 Å². The first-order valence-corrected chi connectivity index (χ1v) is 23.6. The Labute approximate surface area is 367 Å². The molecule has 0 radical (unpaired) electrons. The van der Waals surface area contributed by atoms with Crippen LogP contribution in [0.25, 0.3) is 43.8 Å². The van der Waals surface area contributed by atoms with Crippen LogP contribution in [0.5, 0.6) is 0 Å². The second-order valence-corrected chi connectivity index (χ2v) is 12.7. The zero-order valence-corrected chi connectivity index (χ0v) is 40.4. The number of benzene rings is 7. The van der Waals surface area contributed by atoms with Crippen LogP contribution in [0.2, 0.25) is 0 Å². The van der Waals surface area contributed by atoms with Gasteiger partial charge in [-0.05, 0) is 118 Å². The minimum atomic E-state index is 0.904. The van der Waals surface area contributed by atoms with E-state index in [1.54, 1.807) is 0 Å². The van der Waals surface area contributed by atoms with E-state index in [1.807, 2.05) is 96.9 Å². The van der Waals surface area contributed by atoms with E-state index in [9.17, 15) is 0 Å². The standard InChI is InChI=1S/C44H36N2.7C2H6/c1-3-45(41-17-9-13-33-25-29-11-5-7-15-39(29)43(33)41)35-21-23-37-31(27-35)19-20-32-28-36(22-24-38(32)37)46(4-2)42-18-10-14-34-26-30-12-6-8-16-40(30)44(34)42;7*1-2/h5-24,27-28H,3-4,25-26H2,1-2H3;7*1-2H3.